The molecule has 2 aliphatic heterocycles. The van der Waals surface area contributed by atoms with E-state index in [2.05, 4.69) is 6.92 Å². The fourth-order valence-corrected chi connectivity index (χ4v) is 5.39. The lowest BCUT2D eigenvalue weighted by Gasteiger charge is -2.37. The summed E-state index contributed by atoms with van der Waals surface area (Å²) in [6.45, 7) is 4.76. The van der Waals surface area contributed by atoms with Crippen LogP contribution >= 0.6 is 0 Å². The van der Waals surface area contributed by atoms with E-state index in [-0.39, 0.29) is 35.2 Å². The molecule has 0 radical (unpaired) electrons. The van der Waals surface area contributed by atoms with Crippen molar-refractivity contribution in [2.75, 3.05) is 6.61 Å². The van der Waals surface area contributed by atoms with Crippen molar-refractivity contribution in [3.63, 3.8) is 0 Å². The van der Waals surface area contributed by atoms with Gasteiger partial charge in [0.05, 0.1) is 24.1 Å². The van der Waals surface area contributed by atoms with E-state index in [1.54, 1.807) is 23.1 Å². The summed E-state index contributed by atoms with van der Waals surface area (Å²) in [7, 11) is 0. The number of benzene rings is 2. The van der Waals surface area contributed by atoms with Gasteiger partial charge in [-0.15, -0.1) is 0 Å². The van der Waals surface area contributed by atoms with Crippen LogP contribution in [-0.4, -0.2) is 34.4 Å². The molecule has 4 atom stereocenters. The Hall–Kier alpha value is -3.28. The summed E-state index contributed by atoms with van der Waals surface area (Å²) in [6, 6.07) is 14.2. The number of ketones is 1. The van der Waals surface area contributed by atoms with Gasteiger partial charge in [0, 0.05) is 6.54 Å². The molecule has 33 heavy (non-hydrogen) atoms. The Morgan fingerprint density at radius 3 is 2.67 bits per heavy atom. The van der Waals surface area contributed by atoms with Gasteiger partial charge in [0.25, 0.3) is 5.91 Å². The normalized spacial score (nSPS) is 26.7. The van der Waals surface area contributed by atoms with Gasteiger partial charge in [-0.25, -0.2) is 0 Å². The number of Topliss-reactive ketones (excluding diaryl/α,β-unsaturated/α-hetero) is 1. The van der Waals surface area contributed by atoms with Crippen LogP contribution in [0.1, 0.15) is 50.3 Å². The van der Waals surface area contributed by atoms with Gasteiger partial charge in [-0.2, -0.15) is 0 Å². The van der Waals surface area contributed by atoms with E-state index in [9.17, 15) is 14.7 Å². The minimum Gasteiger partial charge on any atom is -0.504 e. The molecule has 0 spiro atoms. The van der Waals surface area contributed by atoms with Crippen molar-refractivity contribution < 1.29 is 24.2 Å². The highest BCUT2D eigenvalue weighted by atomic mass is 16.5. The Labute approximate surface area is 193 Å². The predicted molar refractivity (Wildman–Crippen MR) is 122 cm³/mol. The molecular weight excluding hydrogens is 418 g/mol. The van der Waals surface area contributed by atoms with Crippen LogP contribution < -0.4 is 4.74 Å². The van der Waals surface area contributed by atoms with Crippen molar-refractivity contribution >= 4 is 11.7 Å². The molecule has 4 unspecified atom stereocenters. The number of fused-ring (bicyclic) bond motifs is 1. The van der Waals surface area contributed by atoms with Crippen molar-refractivity contribution in [3.05, 3.63) is 71.0 Å². The van der Waals surface area contributed by atoms with Gasteiger partial charge < -0.3 is 19.5 Å². The van der Waals surface area contributed by atoms with Gasteiger partial charge in [-0.05, 0) is 55.4 Å². The summed E-state index contributed by atoms with van der Waals surface area (Å²) in [6.07, 6.45) is 2.34. The monoisotopic (exact) mass is 447 g/mol. The Morgan fingerprint density at radius 1 is 1.12 bits per heavy atom. The van der Waals surface area contributed by atoms with Gasteiger partial charge in [0.1, 0.15) is 6.10 Å². The van der Waals surface area contributed by atoms with Gasteiger partial charge in [-0.1, -0.05) is 43.3 Å². The lowest BCUT2D eigenvalue weighted by Crippen LogP contribution is -2.41. The van der Waals surface area contributed by atoms with Gasteiger partial charge >= 0.3 is 0 Å². The summed E-state index contributed by atoms with van der Waals surface area (Å²) in [4.78, 5) is 29.1. The van der Waals surface area contributed by atoms with E-state index < -0.39 is 6.04 Å². The second-order valence-corrected chi connectivity index (χ2v) is 9.27. The molecule has 0 aromatic heterocycles. The smallest absolute Gasteiger partial charge is 0.290 e. The van der Waals surface area contributed by atoms with Crippen molar-refractivity contribution in [1.82, 2.24) is 4.90 Å². The van der Waals surface area contributed by atoms with Crippen molar-refractivity contribution in [2.45, 2.75) is 51.8 Å². The molecule has 2 heterocycles. The summed E-state index contributed by atoms with van der Waals surface area (Å²) >= 11 is 0. The number of hydrogen-bond acceptors (Lipinski definition) is 5. The third-order valence-corrected chi connectivity index (χ3v) is 7.00. The van der Waals surface area contributed by atoms with E-state index in [0.717, 1.165) is 30.4 Å². The summed E-state index contributed by atoms with van der Waals surface area (Å²) in [5, 5.41) is 10.2. The molecule has 1 amide bonds. The lowest BCUT2D eigenvalue weighted by atomic mass is 9.74. The second kappa shape index (κ2) is 8.58. The maximum absolute atomic E-state index is 13.8. The van der Waals surface area contributed by atoms with Crippen LogP contribution in [0.5, 0.6) is 11.5 Å². The Morgan fingerprint density at radius 2 is 1.91 bits per heavy atom. The van der Waals surface area contributed by atoms with E-state index in [1.165, 1.54) is 0 Å². The van der Waals surface area contributed by atoms with Crippen LogP contribution in [0.15, 0.2) is 59.9 Å². The fraction of sp³-hybridized carbons (Fsp3) is 0.407. The molecule has 2 aromatic rings. The molecule has 1 fully saturated rings. The second-order valence-electron chi connectivity index (χ2n) is 9.27. The summed E-state index contributed by atoms with van der Waals surface area (Å²) < 4.78 is 11.8. The number of amides is 1. The zero-order chi connectivity index (χ0) is 23.1. The van der Waals surface area contributed by atoms with Crippen LogP contribution in [0.4, 0.5) is 0 Å². The van der Waals surface area contributed by atoms with Crippen molar-refractivity contribution in [2.24, 2.45) is 11.8 Å². The minimum atomic E-state index is -0.585. The molecule has 3 aliphatic rings. The number of ether oxygens (including phenoxy) is 2. The number of carbonyl (C=O) groups excluding carboxylic acids is 2. The van der Waals surface area contributed by atoms with E-state index in [4.69, 9.17) is 9.47 Å². The van der Waals surface area contributed by atoms with Crippen LogP contribution in [-0.2, 0) is 20.9 Å². The SMILES string of the molecule is CCOc1cc(C2C3=C(OC4CCC(C)CC4C3=O)C(=O)N2Cc2ccccc2)ccc1O. The zero-order valence-corrected chi connectivity index (χ0v) is 19.0. The number of rotatable bonds is 5. The zero-order valence-electron chi connectivity index (χ0n) is 19.0. The molecule has 5 rings (SSSR count). The molecule has 6 nitrogen and oxygen atoms in total. The van der Waals surface area contributed by atoms with Crippen molar-refractivity contribution in [3.8, 4) is 11.5 Å². The van der Waals surface area contributed by atoms with E-state index in [0.29, 0.717) is 30.4 Å². The number of carbonyl (C=O) groups is 2. The lowest BCUT2D eigenvalue weighted by molar-refractivity contribution is -0.136. The Balaban J connectivity index is 1.59. The van der Waals surface area contributed by atoms with Crippen LogP contribution in [0, 0.1) is 11.8 Å². The molecule has 2 aromatic carbocycles. The maximum Gasteiger partial charge on any atom is 0.290 e. The van der Waals surface area contributed by atoms with Crippen LogP contribution in [0.2, 0.25) is 0 Å². The molecule has 172 valence electrons. The quantitative estimate of drug-likeness (QED) is 0.729. The molecular formula is C27H29NO5. The first-order valence-corrected chi connectivity index (χ1v) is 11.7. The van der Waals surface area contributed by atoms with Gasteiger partial charge in [-0.3, -0.25) is 9.59 Å². The average Bonchev–Trinajstić information content (AvgIpc) is 3.08. The number of hydrogen-bond donors (Lipinski definition) is 1. The number of phenolic OH excluding ortho intramolecular Hbond substituents is 1. The highest BCUT2D eigenvalue weighted by Gasteiger charge is 2.52. The van der Waals surface area contributed by atoms with E-state index in [1.807, 2.05) is 37.3 Å². The van der Waals surface area contributed by atoms with Crippen LogP contribution in [0.25, 0.3) is 0 Å². The molecule has 1 N–H and O–H groups in total. The minimum absolute atomic E-state index is 0.0211. The van der Waals surface area contributed by atoms with Gasteiger partial charge in [0.2, 0.25) is 0 Å². The molecule has 6 heteroatoms. The average molecular weight is 448 g/mol. The summed E-state index contributed by atoms with van der Waals surface area (Å²) in [5.74, 6) is 0.564. The number of nitrogens with zero attached hydrogens (tertiary/aromatic N) is 1. The largest absolute Gasteiger partial charge is 0.504 e. The predicted octanol–water partition coefficient (Wildman–Crippen LogP) is 4.53. The van der Waals surface area contributed by atoms with E-state index >= 15 is 0 Å². The molecule has 1 saturated carbocycles. The number of aromatic hydroxyl groups is 1. The first kappa shape index (κ1) is 21.6. The standard InChI is InChI=1S/C27H29NO5/c1-3-32-22-14-18(10-11-20(22)29)24-23-25(30)19-13-16(2)9-12-21(19)33-26(23)27(31)28(24)15-17-7-5-4-6-8-17/h4-8,10-11,14,16,19,21,24,29H,3,9,12-13,15H2,1-2H3. The molecule has 0 bridgehead atoms. The first-order valence-electron chi connectivity index (χ1n) is 11.7. The first-order chi connectivity index (χ1) is 16.0. The third-order valence-electron chi connectivity index (χ3n) is 7.00. The Kier molecular flexibility index (Phi) is 5.60. The van der Waals surface area contributed by atoms with Crippen molar-refractivity contribution in [1.29, 1.82) is 0 Å². The Bertz CT molecular complexity index is 1110. The molecule has 1 aliphatic carbocycles. The summed E-state index contributed by atoms with van der Waals surface area (Å²) in [5.41, 5.74) is 2.14. The molecule has 0 saturated heterocycles. The fourth-order valence-electron chi connectivity index (χ4n) is 5.39. The topological polar surface area (TPSA) is 76.1 Å². The van der Waals surface area contributed by atoms with Crippen LogP contribution in [0.3, 0.4) is 0 Å². The third kappa shape index (κ3) is 3.77. The maximum atomic E-state index is 13.8. The highest BCUT2D eigenvalue weighted by Crippen LogP contribution is 2.48. The number of phenols is 1. The highest BCUT2D eigenvalue weighted by molar-refractivity contribution is 6.11. The van der Waals surface area contributed by atoms with Gasteiger partial charge in [0.15, 0.2) is 23.0 Å².